The maximum Gasteiger partial charge on any atom is 0.252 e. The predicted octanol–water partition coefficient (Wildman–Crippen LogP) is 5.72. The third kappa shape index (κ3) is 5.69. The Hall–Kier alpha value is -2.21. The SMILES string of the molecule is CCN(CC)CCN(C(=O)C=Cc1ccccc1)c1nc2c(C)c(C)ccc2s1.Cl. The predicted molar refractivity (Wildman–Crippen MR) is 132 cm³/mol. The van der Waals surface area contributed by atoms with E-state index < -0.39 is 0 Å². The highest BCUT2D eigenvalue weighted by molar-refractivity contribution is 7.22. The van der Waals surface area contributed by atoms with Gasteiger partial charge in [-0.05, 0) is 55.8 Å². The molecule has 0 unspecified atom stereocenters. The summed E-state index contributed by atoms with van der Waals surface area (Å²) in [5.74, 6) is -0.0329. The molecule has 1 aromatic heterocycles. The Morgan fingerprint density at radius 3 is 2.40 bits per heavy atom. The average molecular weight is 444 g/mol. The highest BCUT2D eigenvalue weighted by atomic mass is 35.5. The Morgan fingerprint density at radius 1 is 1.03 bits per heavy atom. The highest BCUT2D eigenvalue weighted by Crippen LogP contribution is 2.32. The van der Waals surface area contributed by atoms with Gasteiger partial charge in [0.25, 0.3) is 5.91 Å². The molecule has 0 atom stereocenters. The molecular formula is C24H30ClN3OS. The summed E-state index contributed by atoms with van der Waals surface area (Å²) in [6, 6.07) is 14.1. The Bertz CT molecular complexity index is 996. The summed E-state index contributed by atoms with van der Waals surface area (Å²) in [6.45, 7) is 11.9. The minimum atomic E-state index is -0.0329. The Morgan fingerprint density at radius 2 is 1.73 bits per heavy atom. The highest BCUT2D eigenvalue weighted by Gasteiger charge is 2.19. The fourth-order valence-electron chi connectivity index (χ4n) is 3.23. The van der Waals surface area contributed by atoms with Crippen molar-refractivity contribution in [2.45, 2.75) is 27.7 Å². The maximum absolute atomic E-state index is 13.1. The lowest BCUT2D eigenvalue weighted by Crippen LogP contribution is -2.38. The molecule has 0 saturated carbocycles. The molecule has 0 aliphatic heterocycles. The molecule has 0 aliphatic rings. The van der Waals surface area contributed by atoms with Crippen LogP contribution < -0.4 is 4.90 Å². The smallest absolute Gasteiger partial charge is 0.252 e. The van der Waals surface area contributed by atoms with E-state index in [4.69, 9.17) is 4.98 Å². The number of aromatic nitrogens is 1. The standard InChI is InChI=1S/C24H29N3OS.ClH/c1-5-26(6-2)16-17-27(22(28)15-13-20-10-8-7-9-11-20)24-25-23-19(4)18(3)12-14-21(23)29-24;/h7-15H,5-6,16-17H2,1-4H3;1H. The number of amides is 1. The van der Waals surface area contributed by atoms with Crippen molar-refractivity contribution in [1.29, 1.82) is 0 Å². The minimum absolute atomic E-state index is 0. The number of likely N-dealkylation sites (N-methyl/N-ethyl adjacent to an activating group) is 1. The fourth-order valence-corrected chi connectivity index (χ4v) is 4.29. The van der Waals surface area contributed by atoms with Crippen molar-refractivity contribution in [2.24, 2.45) is 0 Å². The van der Waals surface area contributed by atoms with Crippen molar-refractivity contribution >= 4 is 51.1 Å². The van der Waals surface area contributed by atoms with Crippen molar-refractivity contribution < 1.29 is 4.79 Å². The van der Waals surface area contributed by atoms with E-state index in [9.17, 15) is 4.79 Å². The van der Waals surface area contributed by atoms with Crippen LogP contribution in [-0.2, 0) is 4.79 Å². The van der Waals surface area contributed by atoms with E-state index in [1.54, 1.807) is 17.4 Å². The van der Waals surface area contributed by atoms with Crippen LogP contribution in [0, 0.1) is 13.8 Å². The largest absolute Gasteiger partial charge is 0.302 e. The number of carbonyl (C=O) groups excluding carboxylic acids is 1. The Balaban J connectivity index is 0.00000320. The summed E-state index contributed by atoms with van der Waals surface area (Å²) in [5.41, 5.74) is 4.42. The van der Waals surface area contributed by atoms with Crippen LogP contribution in [0.2, 0.25) is 0 Å². The number of thiazole rings is 1. The summed E-state index contributed by atoms with van der Waals surface area (Å²) in [5, 5.41) is 0.767. The molecule has 0 bridgehead atoms. The summed E-state index contributed by atoms with van der Waals surface area (Å²) in [6.07, 6.45) is 3.53. The Kier molecular flexibility index (Phi) is 9.03. The number of aryl methyl sites for hydroxylation is 2. The quantitative estimate of drug-likeness (QED) is 0.417. The van der Waals surface area contributed by atoms with E-state index in [2.05, 4.69) is 44.7 Å². The van der Waals surface area contributed by atoms with Crippen LogP contribution in [0.15, 0.2) is 48.5 Å². The van der Waals surface area contributed by atoms with Gasteiger partial charge in [-0.3, -0.25) is 9.69 Å². The molecule has 0 saturated heterocycles. The molecule has 160 valence electrons. The number of carbonyl (C=O) groups is 1. The molecule has 0 N–H and O–H groups in total. The number of fused-ring (bicyclic) bond motifs is 1. The first-order chi connectivity index (χ1) is 14.0. The second-order valence-electron chi connectivity index (χ2n) is 7.11. The van der Waals surface area contributed by atoms with Crippen LogP contribution in [0.4, 0.5) is 5.13 Å². The second kappa shape index (κ2) is 11.3. The van der Waals surface area contributed by atoms with Gasteiger partial charge in [-0.2, -0.15) is 0 Å². The zero-order valence-corrected chi connectivity index (χ0v) is 19.7. The van der Waals surface area contributed by atoms with Crippen molar-refractivity contribution in [3.8, 4) is 0 Å². The molecule has 0 radical (unpaired) electrons. The van der Waals surface area contributed by atoms with Gasteiger partial charge >= 0.3 is 0 Å². The summed E-state index contributed by atoms with van der Waals surface area (Å²) >= 11 is 1.59. The van der Waals surface area contributed by atoms with Gasteiger partial charge in [0, 0.05) is 19.2 Å². The van der Waals surface area contributed by atoms with Gasteiger partial charge < -0.3 is 4.90 Å². The summed E-state index contributed by atoms with van der Waals surface area (Å²) < 4.78 is 1.12. The third-order valence-electron chi connectivity index (χ3n) is 5.32. The summed E-state index contributed by atoms with van der Waals surface area (Å²) in [7, 11) is 0. The second-order valence-corrected chi connectivity index (χ2v) is 8.12. The molecule has 3 aromatic rings. The topological polar surface area (TPSA) is 36.4 Å². The molecule has 0 spiro atoms. The van der Waals surface area contributed by atoms with Crippen LogP contribution in [0.5, 0.6) is 0 Å². The van der Waals surface area contributed by atoms with Crippen molar-refractivity contribution in [3.63, 3.8) is 0 Å². The fraction of sp³-hybridized carbons (Fsp3) is 0.333. The van der Waals surface area contributed by atoms with E-state index in [0.29, 0.717) is 6.54 Å². The van der Waals surface area contributed by atoms with E-state index >= 15 is 0 Å². The normalized spacial score (nSPS) is 11.2. The molecule has 1 heterocycles. The van der Waals surface area contributed by atoms with E-state index in [1.807, 2.05) is 41.3 Å². The van der Waals surface area contributed by atoms with E-state index in [-0.39, 0.29) is 18.3 Å². The summed E-state index contributed by atoms with van der Waals surface area (Å²) in [4.78, 5) is 22.1. The lowest BCUT2D eigenvalue weighted by Gasteiger charge is -2.23. The monoisotopic (exact) mass is 443 g/mol. The van der Waals surface area contributed by atoms with Gasteiger partial charge in [0.1, 0.15) is 0 Å². The van der Waals surface area contributed by atoms with Crippen LogP contribution in [-0.4, -0.2) is 42.0 Å². The van der Waals surface area contributed by atoms with Gasteiger partial charge in [-0.15, -0.1) is 12.4 Å². The molecule has 6 heteroatoms. The first-order valence-corrected chi connectivity index (χ1v) is 11.0. The number of halogens is 1. The Labute approximate surface area is 189 Å². The van der Waals surface area contributed by atoms with Crippen molar-refractivity contribution in [1.82, 2.24) is 9.88 Å². The molecule has 0 aliphatic carbocycles. The van der Waals surface area contributed by atoms with Crippen molar-refractivity contribution in [2.75, 3.05) is 31.1 Å². The average Bonchev–Trinajstić information content (AvgIpc) is 3.18. The van der Waals surface area contributed by atoms with E-state index in [0.717, 1.165) is 40.5 Å². The lowest BCUT2D eigenvalue weighted by atomic mass is 10.1. The van der Waals surface area contributed by atoms with Crippen LogP contribution in [0.3, 0.4) is 0 Å². The zero-order valence-electron chi connectivity index (χ0n) is 18.1. The number of hydrogen-bond acceptors (Lipinski definition) is 4. The maximum atomic E-state index is 13.1. The minimum Gasteiger partial charge on any atom is -0.302 e. The van der Waals surface area contributed by atoms with Crippen LogP contribution >= 0.6 is 23.7 Å². The van der Waals surface area contributed by atoms with Gasteiger partial charge in [-0.25, -0.2) is 4.98 Å². The molecule has 4 nitrogen and oxygen atoms in total. The molecule has 0 fully saturated rings. The lowest BCUT2D eigenvalue weighted by molar-refractivity contribution is -0.114. The van der Waals surface area contributed by atoms with Gasteiger partial charge in [0.05, 0.1) is 10.2 Å². The van der Waals surface area contributed by atoms with Crippen LogP contribution in [0.25, 0.3) is 16.3 Å². The number of hydrogen-bond donors (Lipinski definition) is 0. The van der Waals surface area contributed by atoms with Crippen molar-refractivity contribution in [3.05, 3.63) is 65.2 Å². The number of benzene rings is 2. The number of anilines is 1. The molecule has 1 amide bonds. The van der Waals surface area contributed by atoms with Gasteiger partial charge in [-0.1, -0.05) is 61.6 Å². The first-order valence-electron chi connectivity index (χ1n) is 10.2. The van der Waals surface area contributed by atoms with Crippen LogP contribution in [0.1, 0.15) is 30.5 Å². The number of nitrogens with zero attached hydrogens (tertiary/aromatic N) is 3. The molecular weight excluding hydrogens is 414 g/mol. The molecule has 2 aromatic carbocycles. The molecule has 30 heavy (non-hydrogen) atoms. The van der Waals surface area contributed by atoms with Gasteiger partial charge in [0.15, 0.2) is 5.13 Å². The zero-order chi connectivity index (χ0) is 20.8. The van der Waals surface area contributed by atoms with Gasteiger partial charge in [0.2, 0.25) is 0 Å². The third-order valence-corrected chi connectivity index (χ3v) is 6.37. The van der Waals surface area contributed by atoms with E-state index in [1.165, 1.54) is 11.1 Å². The molecule has 3 rings (SSSR count). The first kappa shape index (κ1) is 24.1. The number of rotatable bonds is 8.